The average molecular weight is 415 g/mol. The molecule has 0 fully saturated rings. The van der Waals surface area contributed by atoms with Gasteiger partial charge in [-0.2, -0.15) is 5.26 Å². The summed E-state index contributed by atoms with van der Waals surface area (Å²) >= 11 is 13.6. The van der Waals surface area contributed by atoms with E-state index in [2.05, 4.69) is 22.1 Å². The first-order chi connectivity index (χ1) is 13.0. The van der Waals surface area contributed by atoms with Crippen LogP contribution in [0.5, 0.6) is 0 Å². The van der Waals surface area contributed by atoms with Gasteiger partial charge >= 0.3 is 0 Å². The van der Waals surface area contributed by atoms with E-state index in [0.717, 1.165) is 16.7 Å². The summed E-state index contributed by atoms with van der Waals surface area (Å²) in [6.07, 6.45) is 0.520. The highest BCUT2D eigenvalue weighted by Crippen LogP contribution is 2.28. The summed E-state index contributed by atoms with van der Waals surface area (Å²) in [6, 6.07) is 15.6. The predicted molar refractivity (Wildman–Crippen MR) is 111 cm³/mol. The molecule has 3 aromatic rings. The molecule has 0 bridgehead atoms. The molecule has 3 rings (SSSR count). The third kappa shape index (κ3) is 4.92. The normalized spacial score (nSPS) is 10.6. The zero-order valence-electron chi connectivity index (χ0n) is 14.5. The predicted octanol–water partition coefficient (Wildman–Crippen LogP) is 5.43. The Morgan fingerprint density at radius 1 is 1.15 bits per heavy atom. The molecule has 2 aromatic carbocycles. The van der Waals surface area contributed by atoms with Crippen molar-refractivity contribution in [2.45, 2.75) is 24.3 Å². The lowest BCUT2D eigenvalue weighted by Crippen LogP contribution is -2.06. The van der Waals surface area contributed by atoms with Gasteiger partial charge in [-0.1, -0.05) is 70.9 Å². The van der Waals surface area contributed by atoms with Crippen molar-refractivity contribution in [3.8, 4) is 6.07 Å². The topological polar surface area (TPSA) is 75.6 Å². The van der Waals surface area contributed by atoms with Gasteiger partial charge in [0, 0.05) is 22.2 Å². The molecule has 0 aliphatic heterocycles. The van der Waals surface area contributed by atoms with E-state index in [4.69, 9.17) is 28.9 Å². The van der Waals surface area contributed by atoms with Gasteiger partial charge in [0.15, 0.2) is 5.16 Å². The van der Waals surface area contributed by atoms with E-state index >= 15 is 0 Å². The fourth-order valence-corrected chi connectivity index (χ4v) is 4.04. The molecule has 0 saturated heterocycles. The first-order valence-electron chi connectivity index (χ1n) is 8.15. The van der Waals surface area contributed by atoms with Crippen molar-refractivity contribution in [2.24, 2.45) is 0 Å². The summed E-state index contributed by atoms with van der Waals surface area (Å²) in [5, 5.41) is 11.1. The van der Waals surface area contributed by atoms with Gasteiger partial charge in [-0.15, -0.1) is 0 Å². The summed E-state index contributed by atoms with van der Waals surface area (Å²) in [6.45, 7) is 2.03. The molecular weight excluding hydrogens is 399 g/mol. The van der Waals surface area contributed by atoms with Gasteiger partial charge in [0.1, 0.15) is 17.5 Å². The number of thioether (sulfide) groups is 1. The van der Waals surface area contributed by atoms with Crippen molar-refractivity contribution < 1.29 is 0 Å². The molecule has 2 N–H and O–H groups in total. The zero-order chi connectivity index (χ0) is 19.4. The third-order valence-corrected chi connectivity index (χ3v) is 5.41. The van der Waals surface area contributed by atoms with Crippen molar-refractivity contribution >= 4 is 40.8 Å². The molecule has 0 saturated carbocycles. The number of nitriles is 1. The second kappa shape index (κ2) is 8.62. The minimum absolute atomic E-state index is 0.194. The Kier molecular flexibility index (Phi) is 6.22. The van der Waals surface area contributed by atoms with Crippen molar-refractivity contribution in [3.05, 3.63) is 80.5 Å². The maximum absolute atomic E-state index is 9.45. The zero-order valence-corrected chi connectivity index (χ0v) is 16.9. The van der Waals surface area contributed by atoms with Crippen molar-refractivity contribution in [1.29, 1.82) is 5.26 Å². The van der Waals surface area contributed by atoms with Gasteiger partial charge < -0.3 is 5.73 Å². The van der Waals surface area contributed by atoms with Crippen LogP contribution in [0.2, 0.25) is 10.0 Å². The first kappa shape index (κ1) is 19.5. The Morgan fingerprint density at radius 3 is 2.67 bits per heavy atom. The standard InChI is InChI=1S/C20H16Cl2N4S/c1-12-3-2-4-13(7-12)8-18-16(10-23)19(24)26-20(25-18)27-11-14-5-6-15(21)9-17(14)22/h2-7,9H,8,11H2,1H3,(H2,24,25,26). The fourth-order valence-electron chi connectivity index (χ4n) is 2.61. The van der Waals surface area contributed by atoms with Crippen LogP contribution in [0, 0.1) is 18.3 Å². The number of nitrogens with zero attached hydrogens (tertiary/aromatic N) is 3. The molecule has 0 amide bonds. The number of hydrogen-bond acceptors (Lipinski definition) is 5. The first-order valence-corrected chi connectivity index (χ1v) is 9.89. The SMILES string of the molecule is Cc1cccc(Cc2nc(SCc3ccc(Cl)cc3Cl)nc(N)c2C#N)c1. The van der Waals surface area contributed by atoms with Gasteiger partial charge in [-0.3, -0.25) is 0 Å². The molecule has 0 radical (unpaired) electrons. The lowest BCUT2D eigenvalue weighted by Gasteiger charge is -2.10. The van der Waals surface area contributed by atoms with Crippen molar-refractivity contribution in [3.63, 3.8) is 0 Å². The van der Waals surface area contributed by atoms with Crippen LogP contribution in [0.3, 0.4) is 0 Å². The average Bonchev–Trinajstić information content (AvgIpc) is 2.61. The highest BCUT2D eigenvalue weighted by molar-refractivity contribution is 7.98. The van der Waals surface area contributed by atoms with Crippen LogP contribution in [0.15, 0.2) is 47.6 Å². The molecule has 0 aliphatic rings. The maximum Gasteiger partial charge on any atom is 0.190 e. The molecular formula is C20H16Cl2N4S. The van der Waals surface area contributed by atoms with Gasteiger partial charge in [-0.25, -0.2) is 9.97 Å². The number of hydrogen-bond donors (Lipinski definition) is 1. The lowest BCUT2D eigenvalue weighted by atomic mass is 10.0. The highest BCUT2D eigenvalue weighted by Gasteiger charge is 2.14. The van der Waals surface area contributed by atoms with Crippen molar-refractivity contribution in [1.82, 2.24) is 9.97 Å². The number of nitrogen functional groups attached to an aromatic ring is 1. The minimum Gasteiger partial charge on any atom is -0.382 e. The molecule has 0 spiro atoms. The number of nitrogens with two attached hydrogens (primary N) is 1. The van der Waals surface area contributed by atoms with Gasteiger partial charge in [0.2, 0.25) is 0 Å². The van der Waals surface area contributed by atoms with Crippen LogP contribution in [-0.4, -0.2) is 9.97 Å². The number of anilines is 1. The van der Waals surface area contributed by atoms with Gasteiger partial charge in [-0.05, 0) is 30.2 Å². The van der Waals surface area contributed by atoms with Crippen LogP contribution < -0.4 is 5.73 Å². The van der Waals surface area contributed by atoms with Crippen LogP contribution in [0.4, 0.5) is 5.82 Å². The molecule has 1 heterocycles. The van der Waals surface area contributed by atoms with E-state index in [-0.39, 0.29) is 5.82 Å². The molecule has 27 heavy (non-hydrogen) atoms. The van der Waals surface area contributed by atoms with Crippen LogP contribution in [-0.2, 0) is 12.2 Å². The van der Waals surface area contributed by atoms with Crippen LogP contribution in [0.25, 0.3) is 0 Å². The van der Waals surface area contributed by atoms with E-state index < -0.39 is 0 Å². The lowest BCUT2D eigenvalue weighted by molar-refractivity contribution is 0.901. The Bertz CT molecular complexity index is 1030. The number of benzene rings is 2. The minimum atomic E-state index is 0.194. The van der Waals surface area contributed by atoms with Crippen LogP contribution >= 0.6 is 35.0 Å². The molecule has 1 aromatic heterocycles. The molecule has 4 nitrogen and oxygen atoms in total. The molecule has 0 unspecified atom stereocenters. The molecule has 136 valence electrons. The molecule has 0 aliphatic carbocycles. The van der Waals surface area contributed by atoms with Gasteiger partial charge in [0.05, 0.1) is 5.69 Å². The van der Waals surface area contributed by atoms with E-state index in [1.807, 2.05) is 31.2 Å². The summed E-state index contributed by atoms with van der Waals surface area (Å²) in [4.78, 5) is 8.84. The largest absolute Gasteiger partial charge is 0.382 e. The van der Waals surface area contributed by atoms with E-state index in [1.165, 1.54) is 11.8 Å². The van der Waals surface area contributed by atoms with E-state index in [9.17, 15) is 5.26 Å². The summed E-state index contributed by atoms with van der Waals surface area (Å²) in [5.41, 5.74) is 10.1. The number of aromatic nitrogens is 2. The van der Waals surface area contributed by atoms with E-state index in [0.29, 0.717) is 38.6 Å². The Morgan fingerprint density at radius 2 is 1.96 bits per heavy atom. The number of rotatable bonds is 5. The molecule has 7 heteroatoms. The second-order valence-electron chi connectivity index (χ2n) is 6.02. The quantitative estimate of drug-likeness (QED) is 0.444. The maximum atomic E-state index is 9.45. The Labute approximate surface area is 172 Å². The second-order valence-corrected chi connectivity index (χ2v) is 7.80. The Hall–Kier alpha value is -2.26. The number of aryl methyl sites for hydroxylation is 1. The monoisotopic (exact) mass is 414 g/mol. The summed E-state index contributed by atoms with van der Waals surface area (Å²) in [5.74, 6) is 0.769. The molecule has 0 atom stereocenters. The summed E-state index contributed by atoms with van der Waals surface area (Å²) < 4.78 is 0. The summed E-state index contributed by atoms with van der Waals surface area (Å²) in [7, 11) is 0. The van der Waals surface area contributed by atoms with Gasteiger partial charge in [0.25, 0.3) is 0 Å². The number of halogens is 2. The smallest absolute Gasteiger partial charge is 0.190 e. The third-order valence-electron chi connectivity index (χ3n) is 3.93. The van der Waals surface area contributed by atoms with Crippen LogP contribution in [0.1, 0.15) is 27.9 Å². The van der Waals surface area contributed by atoms with Crippen molar-refractivity contribution in [2.75, 3.05) is 5.73 Å². The fraction of sp³-hybridized carbons (Fsp3) is 0.150. The highest BCUT2D eigenvalue weighted by atomic mass is 35.5. The Balaban J connectivity index is 1.86. The van der Waals surface area contributed by atoms with E-state index in [1.54, 1.807) is 12.1 Å².